The maximum absolute atomic E-state index is 11.5. The summed E-state index contributed by atoms with van der Waals surface area (Å²) in [6.07, 6.45) is 1.76. The number of carbonyl (C=O) groups is 1. The van der Waals surface area contributed by atoms with E-state index in [-0.39, 0.29) is 5.97 Å². The fraction of sp³-hybridized carbons (Fsp3) is 0.250. The Morgan fingerprint density at radius 3 is 2.67 bits per heavy atom. The minimum atomic E-state index is -0.343. The van der Waals surface area contributed by atoms with Gasteiger partial charge in [-0.3, -0.25) is 0 Å². The van der Waals surface area contributed by atoms with Gasteiger partial charge in [0, 0.05) is 24.5 Å². The first-order valence-electron chi connectivity index (χ1n) is 6.56. The van der Waals surface area contributed by atoms with E-state index in [1.165, 1.54) is 7.11 Å². The molecule has 21 heavy (non-hydrogen) atoms. The van der Waals surface area contributed by atoms with Gasteiger partial charge in [-0.15, -0.1) is 0 Å². The van der Waals surface area contributed by atoms with Gasteiger partial charge in [-0.1, -0.05) is 12.1 Å². The minimum absolute atomic E-state index is 0.343. The lowest BCUT2D eigenvalue weighted by Crippen LogP contribution is -2.05. The highest BCUT2D eigenvalue weighted by molar-refractivity contribution is 5.90. The van der Waals surface area contributed by atoms with Crippen molar-refractivity contribution in [3.8, 4) is 5.88 Å². The first-order valence-corrected chi connectivity index (χ1v) is 6.56. The number of nitrogens with zero attached hydrogens (tertiary/aromatic N) is 1. The molecule has 1 N–H and O–H groups in total. The molecule has 0 unspecified atom stereocenters. The Morgan fingerprint density at radius 1 is 1.24 bits per heavy atom. The largest absolute Gasteiger partial charge is 0.481 e. The quantitative estimate of drug-likeness (QED) is 0.856. The average Bonchev–Trinajstić information content (AvgIpc) is 2.53. The number of anilines is 1. The molecule has 0 aliphatic heterocycles. The fourth-order valence-electron chi connectivity index (χ4n) is 1.89. The third kappa shape index (κ3) is 3.72. The summed E-state index contributed by atoms with van der Waals surface area (Å²) in [7, 11) is 2.96. The summed E-state index contributed by atoms with van der Waals surface area (Å²) in [4.78, 5) is 15.7. The van der Waals surface area contributed by atoms with Crippen molar-refractivity contribution < 1.29 is 14.3 Å². The molecule has 0 amide bonds. The highest BCUT2D eigenvalue weighted by Gasteiger charge is 2.08. The zero-order valence-corrected chi connectivity index (χ0v) is 12.3. The maximum atomic E-state index is 11.5. The highest BCUT2D eigenvalue weighted by atomic mass is 16.5. The number of methoxy groups -OCH3 is 2. The summed E-state index contributed by atoms with van der Waals surface area (Å²) < 4.78 is 9.75. The number of aromatic nitrogens is 1. The number of benzene rings is 1. The Morgan fingerprint density at radius 2 is 2.05 bits per heavy atom. The van der Waals surface area contributed by atoms with E-state index in [1.54, 1.807) is 25.4 Å². The summed E-state index contributed by atoms with van der Waals surface area (Å²) in [6.45, 7) is 2.60. The predicted molar refractivity (Wildman–Crippen MR) is 80.6 cm³/mol. The number of rotatable bonds is 5. The molecule has 1 aromatic heterocycles. The van der Waals surface area contributed by atoms with Gasteiger partial charge in [0.05, 0.1) is 19.8 Å². The zero-order valence-electron chi connectivity index (χ0n) is 12.3. The van der Waals surface area contributed by atoms with Crippen LogP contribution in [0.2, 0.25) is 0 Å². The third-order valence-corrected chi connectivity index (χ3v) is 3.15. The van der Waals surface area contributed by atoms with Crippen molar-refractivity contribution in [1.29, 1.82) is 0 Å². The summed E-state index contributed by atoms with van der Waals surface area (Å²) in [6, 6.07) is 9.19. The van der Waals surface area contributed by atoms with Crippen molar-refractivity contribution in [3.63, 3.8) is 0 Å². The number of esters is 1. The van der Waals surface area contributed by atoms with E-state index in [9.17, 15) is 4.79 Å². The molecule has 0 spiro atoms. The van der Waals surface area contributed by atoms with E-state index >= 15 is 0 Å². The van der Waals surface area contributed by atoms with E-state index in [1.807, 2.05) is 25.1 Å². The Bertz CT molecular complexity index is 624. The van der Waals surface area contributed by atoms with E-state index in [2.05, 4.69) is 10.3 Å². The van der Waals surface area contributed by atoms with Gasteiger partial charge in [0.1, 0.15) is 0 Å². The highest BCUT2D eigenvalue weighted by Crippen LogP contribution is 2.18. The van der Waals surface area contributed by atoms with Crippen molar-refractivity contribution in [2.75, 3.05) is 19.5 Å². The van der Waals surface area contributed by atoms with Crippen LogP contribution in [0.5, 0.6) is 5.88 Å². The molecule has 0 aliphatic rings. The number of carbonyl (C=O) groups excluding carboxylic acids is 1. The molecule has 1 heterocycles. The molecule has 0 fully saturated rings. The van der Waals surface area contributed by atoms with Crippen LogP contribution in [0, 0.1) is 6.92 Å². The van der Waals surface area contributed by atoms with Gasteiger partial charge in [-0.2, -0.15) is 0 Å². The number of nitrogens with one attached hydrogen (secondary N) is 1. The summed E-state index contributed by atoms with van der Waals surface area (Å²) in [5, 5.41) is 3.30. The van der Waals surface area contributed by atoms with Crippen LogP contribution >= 0.6 is 0 Å². The second-order valence-electron chi connectivity index (χ2n) is 4.58. The molecule has 1 aromatic carbocycles. The molecule has 2 aromatic rings. The van der Waals surface area contributed by atoms with Crippen LogP contribution in [-0.4, -0.2) is 25.2 Å². The lowest BCUT2D eigenvalue weighted by atomic mass is 10.1. The Hall–Kier alpha value is -2.56. The van der Waals surface area contributed by atoms with Crippen molar-refractivity contribution in [3.05, 3.63) is 53.2 Å². The molecule has 5 nitrogen and oxygen atoms in total. The van der Waals surface area contributed by atoms with Gasteiger partial charge in [-0.25, -0.2) is 9.78 Å². The van der Waals surface area contributed by atoms with Gasteiger partial charge < -0.3 is 14.8 Å². The lowest BCUT2D eigenvalue weighted by Gasteiger charge is -2.11. The van der Waals surface area contributed by atoms with E-state index < -0.39 is 0 Å². The number of ether oxygens (including phenoxy) is 2. The van der Waals surface area contributed by atoms with Crippen molar-refractivity contribution in [2.24, 2.45) is 0 Å². The molecule has 0 aliphatic carbocycles. The van der Waals surface area contributed by atoms with E-state index in [0.717, 1.165) is 16.8 Å². The van der Waals surface area contributed by atoms with Crippen LogP contribution in [0.25, 0.3) is 0 Å². The second kappa shape index (κ2) is 6.74. The van der Waals surface area contributed by atoms with Crippen LogP contribution in [-0.2, 0) is 11.3 Å². The Balaban J connectivity index is 2.09. The molecule has 2 rings (SSSR count). The van der Waals surface area contributed by atoms with E-state index in [0.29, 0.717) is 18.0 Å². The minimum Gasteiger partial charge on any atom is -0.481 e. The van der Waals surface area contributed by atoms with Crippen molar-refractivity contribution >= 4 is 11.7 Å². The van der Waals surface area contributed by atoms with Crippen LogP contribution in [0.3, 0.4) is 0 Å². The van der Waals surface area contributed by atoms with Gasteiger partial charge >= 0.3 is 5.97 Å². The molecule has 0 saturated carbocycles. The van der Waals surface area contributed by atoms with Crippen molar-refractivity contribution in [2.45, 2.75) is 13.5 Å². The number of hydrogen-bond donors (Lipinski definition) is 1. The average molecular weight is 286 g/mol. The molecular weight excluding hydrogens is 268 g/mol. The summed E-state index contributed by atoms with van der Waals surface area (Å²) >= 11 is 0. The van der Waals surface area contributed by atoms with Gasteiger partial charge in [0.25, 0.3) is 0 Å². The summed E-state index contributed by atoms with van der Waals surface area (Å²) in [5.74, 6) is 0.242. The maximum Gasteiger partial charge on any atom is 0.337 e. The molecular formula is C16H18N2O3. The molecule has 0 atom stereocenters. The lowest BCUT2D eigenvalue weighted by molar-refractivity contribution is 0.0601. The first-order chi connectivity index (χ1) is 10.1. The number of hydrogen-bond acceptors (Lipinski definition) is 5. The summed E-state index contributed by atoms with van der Waals surface area (Å²) in [5.41, 5.74) is 3.51. The topological polar surface area (TPSA) is 60.5 Å². The van der Waals surface area contributed by atoms with Crippen LogP contribution in [0.15, 0.2) is 36.5 Å². The van der Waals surface area contributed by atoms with Crippen LogP contribution in [0.4, 0.5) is 5.69 Å². The SMILES string of the molecule is COC(=O)c1ccc(C)c(NCc2ccc(OC)nc2)c1. The zero-order chi connectivity index (χ0) is 15.2. The van der Waals surface area contributed by atoms with Crippen molar-refractivity contribution in [1.82, 2.24) is 4.98 Å². The third-order valence-electron chi connectivity index (χ3n) is 3.15. The Labute approximate surface area is 123 Å². The molecule has 0 saturated heterocycles. The number of aryl methyl sites for hydroxylation is 1. The molecule has 110 valence electrons. The fourth-order valence-corrected chi connectivity index (χ4v) is 1.89. The Kier molecular flexibility index (Phi) is 4.77. The predicted octanol–water partition coefficient (Wildman–Crippen LogP) is 2.80. The normalized spacial score (nSPS) is 10.0. The molecule has 0 bridgehead atoms. The van der Waals surface area contributed by atoms with Crippen LogP contribution < -0.4 is 10.1 Å². The van der Waals surface area contributed by atoms with Crippen LogP contribution in [0.1, 0.15) is 21.5 Å². The monoisotopic (exact) mass is 286 g/mol. The molecule has 0 radical (unpaired) electrons. The van der Waals surface area contributed by atoms with Gasteiger partial charge in [0.2, 0.25) is 5.88 Å². The second-order valence-corrected chi connectivity index (χ2v) is 4.58. The number of pyridine rings is 1. The van der Waals surface area contributed by atoms with E-state index in [4.69, 9.17) is 9.47 Å². The van der Waals surface area contributed by atoms with Gasteiger partial charge in [-0.05, 0) is 30.2 Å². The van der Waals surface area contributed by atoms with Gasteiger partial charge in [0.15, 0.2) is 0 Å². The smallest absolute Gasteiger partial charge is 0.337 e. The first kappa shape index (κ1) is 14.8. The molecule has 5 heteroatoms. The standard InChI is InChI=1S/C16H18N2O3/c1-11-4-6-13(16(19)21-3)8-14(11)17-9-12-5-7-15(20-2)18-10-12/h4-8,10,17H,9H2,1-3H3.